The van der Waals surface area contributed by atoms with E-state index in [0.717, 1.165) is 60.9 Å². The molecule has 2 N–H and O–H groups in total. The molecule has 3 aromatic rings. The lowest BCUT2D eigenvalue weighted by atomic mass is 9.99. The second-order valence-electron chi connectivity index (χ2n) is 10.0. The number of likely N-dealkylation sites (tertiary alicyclic amines) is 1. The Hall–Kier alpha value is -3.32. The van der Waals surface area contributed by atoms with Crippen molar-refractivity contribution in [1.29, 1.82) is 5.26 Å². The molecule has 2 atom stereocenters. The summed E-state index contributed by atoms with van der Waals surface area (Å²) in [5.41, 5.74) is 3.11. The Morgan fingerprint density at radius 3 is 2.84 bits per heavy atom. The molecule has 0 spiro atoms. The number of nitriles is 1. The summed E-state index contributed by atoms with van der Waals surface area (Å²) in [6.45, 7) is 3.77. The van der Waals surface area contributed by atoms with Gasteiger partial charge in [-0.25, -0.2) is 4.39 Å². The van der Waals surface area contributed by atoms with Crippen LogP contribution in [0.25, 0.3) is 22.0 Å². The summed E-state index contributed by atoms with van der Waals surface area (Å²) >= 11 is 0. The number of hydrogen-bond donors (Lipinski definition) is 2. The Morgan fingerprint density at radius 1 is 1.27 bits per heavy atom. The fourth-order valence-corrected chi connectivity index (χ4v) is 5.14. The van der Waals surface area contributed by atoms with Gasteiger partial charge in [0.05, 0.1) is 23.8 Å². The first-order chi connectivity index (χ1) is 18.0. The molecule has 2 aliphatic heterocycles. The van der Waals surface area contributed by atoms with Crippen molar-refractivity contribution in [2.75, 3.05) is 39.8 Å². The number of benzene rings is 2. The van der Waals surface area contributed by atoms with Crippen LogP contribution in [0.2, 0.25) is 0 Å². The first-order valence-corrected chi connectivity index (χ1v) is 13.0. The molecule has 0 bridgehead atoms. The predicted octanol–water partition coefficient (Wildman–Crippen LogP) is 3.04. The summed E-state index contributed by atoms with van der Waals surface area (Å²) in [5, 5.41) is 21.2. The van der Waals surface area contributed by atoms with E-state index in [-0.39, 0.29) is 12.3 Å². The number of amides is 1. The number of aromatic nitrogens is 2. The molecule has 1 aromatic heterocycles. The minimum absolute atomic E-state index is 0.0798. The van der Waals surface area contributed by atoms with Gasteiger partial charge in [-0.2, -0.15) is 10.4 Å². The fraction of sp³-hybridized carbons (Fsp3) is 0.464. The van der Waals surface area contributed by atoms with Gasteiger partial charge in [-0.15, -0.1) is 0 Å². The summed E-state index contributed by atoms with van der Waals surface area (Å²) in [5.74, 6) is -0.754. The first-order valence-electron chi connectivity index (χ1n) is 13.0. The number of ether oxygens (including phenoxy) is 1. The van der Waals surface area contributed by atoms with Crippen molar-refractivity contribution in [1.82, 2.24) is 25.3 Å². The molecule has 2 aromatic carbocycles. The molecule has 1 amide bonds. The lowest BCUT2D eigenvalue weighted by Crippen LogP contribution is -2.46. The van der Waals surface area contributed by atoms with Crippen LogP contribution in [0.1, 0.15) is 30.9 Å². The maximum Gasteiger partial charge on any atom is 0.251 e. The van der Waals surface area contributed by atoms with Crippen LogP contribution < -0.4 is 10.6 Å². The zero-order valence-corrected chi connectivity index (χ0v) is 21.1. The third-order valence-electron chi connectivity index (χ3n) is 7.35. The average Bonchev–Trinajstić information content (AvgIpc) is 3.13. The molecule has 0 saturated carbocycles. The molecule has 0 radical (unpaired) electrons. The molecule has 2 saturated heterocycles. The van der Waals surface area contributed by atoms with E-state index >= 15 is 4.39 Å². The van der Waals surface area contributed by atoms with Crippen LogP contribution in [-0.2, 0) is 16.0 Å². The van der Waals surface area contributed by atoms with Gasteiger partial charge in [0.15, 0.2) is 0 Å². The van der Waals surface area contributed by atoms with E-state index in [4.69, 9.17) is 4.74 Å². The normalized spacial score (nSPS) is 20.3. The van der Waals surface area contributed by atoms with Crippen LogP contribution in [0.4, 0.5) is 4.39 Å². The molecule has 9 heteroatoms. The van der Waals surface area contributed by atoms with Gasteiger partial charge in [-0.3, -0.25) is 9.48 Å². The number of halogens is 1. The van der Waals surface area contributed by atoms with Crippen LogP contribution in [0.5, 0.6) is 0 Å². The number of piperidine rings is 1. The van der Waals surface area contributed by atoms with Crippen LogP contribution >= 0.6 is 0 Å². The standard InChI is InChI=1S/C28H33FN6O2/c1-34-10-7-24(8-11-34)35-26-15-20(4-6-22(26)17-32-35)19-3-5-21(25(29)14-19)13-23(16-30)33-28(36)27-18-31-9-2-12-37-27/h3-6,14-15,17,23-24,27,31H,2,7-13,18H2,1H3,(H,33,36)/t23-,27-/m0/s1. The Bertz CT molecular complexity index is 1290. The summed E-state index contributed by atoms with van der Waals surface area (Å²) in [4.78, 5) is 14.9. The zero-order chi connectivity index (χ0) is 25.8. The highest BCUT2D eigenvalue weighted by Crippen LogP contribution is 2.30. The van der Waals surface area contributed by atoms with Crippen LogP contribution in [0.15, 0.2) is 42.6 Å². The van der Waals surface area contributed by atoms with Crippen molar-refractivity contribution in [3.05, 3.63) is 54.0 Å². The lowest BCUT2D eigenvalue weighted by Gasteiger charge is -2.29. The molecule has 0 aliphatic carbocycles. The van der Waals surface area contributed by atoms with Crippen molar-refractivity contribution in [3.63, 3.8) is 0 Å². The van der Waals surface area contributed by atoms with Gasteiger partial charge >= 0.3 is 0 Å². The number of carbonyl (C=O) groups excluding carboxylic acids is 1. The number of nitrogens with zero attached hydrogens (tertiary/aromatic N) is 4. The van der Waals surface area contributed by atoms with E-state index in [9.17, 15) is 10.1 Å². The molecule has 194 valence electrons. The molecule has 2 aliphatic rings. The van der Waals surface area contributed by atoms with Crippen molar-refractivity contribution in [3.8, 4) is 17.2 Å². The van der Waals surface area contributed by atoms with Gasteiger partial charge in [0.2, 0.25) is 0 Å². The highest BCUT2D eigenvalue weighted by Gasteiger charge is 2.24. The van der Waals surface area contributed by atoms with Crippen molar-refractivity contribution < 1.29 is 13.9 Å². The molecular weight excluding hydrogens is 471 g/mol. The summed E-state index contributed by atoms with van der Waals surface area (Å²) in [6, 6.07) is 12.7. The van der Waals surface area contributed by atoms with Crippen LogP contribution in [0.3, 0.4) is 0 Å². The van der Waals surface area contributed by atoms with Gasteiger partial charge in [-0.05, 0) is 74.8 Å². The van der Waals surface area contributed by atoms with E-state index in [1.807, 2.05) is 24.4 Å². The quantitative estimate of drug-likeness (QED) is 0.536. The van der Waals surface area contributed by atoms with Gasteiger partial charge in [0.25, 0.3) is 5.91 Å². The largest absolute Gasteiger partial charge is 0.367 e. The molecule has 2 fully saturated rings. The number of rotatable bonds is 6. The van der Waals surface area contributed by atoms with Gasteiger partial charge in [0.1, 0.15) is 18.0 Å². The summed E-state index contributed by atoms with van der Waals surface area (Å²) in [7, 11) is 2.14. The summed E-state index contributed by atoms with van der Waals surface area (Å²) in [6.07, 6.45) is 4.27. The molecule has 5 rings (SSSR count). The Labute approximate surface area is 216 Å². The fourth-order valence-electron chi connectivity index (χ4n) is 5.14. The second-order valence-corrected chi connectivity index (χ2v) is 10.0. The monoisotopic (exact) mass is 504 g/mol. The Balaban J connectivity index is 1.30. The van der Waals surface area contributed by atoms with E-state index in [0.29, 0.717) is 24.8 Å². The third kappa shape index (κ3) is 5.82. The molecule has 3 heterocycles. The lowest BCUT2D eigenvalue weighted by molar-refractivity contribution is -0.132. The second kappa shape index (κ2) is 11.4. The van der Waals surface area contributed by atoms with Gasteiger partial charge in [-0.1, -0.05) is 24.3 Å². The highest BCUT2D eigenvalue weighted by molar-refractivity contribution is 5.84. The summed E-state index contributed by atoms with van der Waals surface area (Å²) < 4.78 is 22.8. The number of fused-ring (bicyclic) bond motifs is 1. The van der Waals surface area contributed by atoms with Crippen molar-refractivity contribution in [2.45, 2.75) is 43.9 Å². The maximum absolute atomic E-state index is 15.2. The maximum atomic E-state index is 15.2. The average molecular weight is 505 g/mol. The third-order valence-corrected chi connectivity index (χ3v) is 7.35. The predicted molar refractivity (Wildman–Crippen MR) is 139 cm³/mol. The smallest absolute Gasteiger partial charge is 0.251 e. The Morgan fingerprint density at radius 2 is 2.05 bits per heavy atom. The van der Waals surface area contributed by atoms with Crippen LogP contribution in [-0.4, -0.2) is 72.6 Å². The topological polar surface area (TPSA) is 95.2 Å². The highest BCUT2D eigenvalue weighted by atomic mass is 19.1. The number of nitrogens with one attached hydrogen (secondary N) is 2. The molecule has 37 heavy (non-hydrogen) atoms. The van der Waals surface area contributed by atoms with Gasteiger partial charge in [0, 0.05) is 25.0 Å². The van der Waals surface area contributed by atoms with E-state index in [1.165, 1.54) is 6.07 Å². The van der Waals surface area contributed by atoms with Crippen molar-refractivity contribution >= 4 is 16.8 Å². The Kier molecular flexibility index (Phi) is 7.79. The van der Waals surface area contributed by atoms with Crippen LogP contribution in [0, 0.1) is 17.1 Å². The van der Waals surface area contributed by atoms with E-state index < -0.39 is 18.0 Å². The van der Waals surface area contributed by atoms with Crippen molar-refractivity contribution in [2.24, 2.45) is 0 Å². The minimum atomic E-state index is -0.847. The minimum Gasteiger partial charge on any atom is -0.367 e. The first kappa shape index (κ1) is 25.3. The van der Waals surface area contributed by atoms with E-state index in [2.05, 4.69) is 44.5 Å². The zero-order valence-electron chi connectivity index (χ0n) is 21.1. The molecule has 0 unspecified atom stereocenters. The molecule has 8 nitrogen and oxygen atoms in total. The van der Waals surface area contributed by atoms with E-state index in [1.54, 1.807) is 6.07 Å². The number of hydrogen-bond acceptors (Lipinski definition) is 6. The van der Waals surface area contributed by atoms with Gasteiger partial charge < -0.3 is 20.3 Å². The molecular formula is C28H33FN6O2. The number of carbonyl (C=O) groups is 1. The SMILES string of the molecule is CN1CCC(n2ncc3ccc(-c4ccc(C[C@@H](C#N)NC(=O)[C@@H]5CNCCCO5)c(F)c4)cc32)CC1.